The molecule has 0 bridgehead atoms. The van der Waals surface area contributed by atoms with Crippen molar-refractivity contribution in [3.05, 3.63) is 82.8 Å². The number of rotatable bonds is 7. The Hall–Kier alpha value is -2.90. The van der Waals surface area contributed by atoms with Crippen LogP contribution in [0.5, 0.6) is 0 Å². The van der Waals surface area contributed by atoms with Gasteiger partial charge >= 0.3 is 0 Å². The van der Waals surface area contributed by atoms with Crippen molar-refractivity contribution in [1.29, 1.82) is 0 Å². The lowest BCUT2D eigenvalue weighted by atomic mass is 10.0. The standard InChI is InChI=1S/C22H20N4OS2/c1-15(29-22-24-20(25-26-22)14-17-10-7-13-28-17)21(27)23-19-12-6-5-11-18(19)16-8-3-2-4-9-16/h2-13,15H,14H2,1H3,(H,23,27)(H,24,25,26). The molecule has 2 N–H and O–H groups in total. The van der Waals surface area contributed by atoms with Crippen molar-refractivity contribution in [3.8, 4) is 11.1 Å². The monoisotopic (exact) mass is 420 g/mol. The zero-order valence-electron chi connectivity index (χ0n) is 15.8. The van der Waals surface area contributed by atoms with Crippen LogP contribution in [-0.2, 0) is 11.2 Å². The molecule has 0 spiro atoms. The molecule has 2 heterocycles. The van der Waals surface area contributed by atoms with Crippen LogP contribution >= 0.6 is 23.1 Å². The number of anilines is 1. The summed E-state index contributed by atoms with van der Waals surface area (Å²) in [5.74, 6) is 0.722. The lowest BCUT2D eigenvalue weighted by Gasteiger charge is -2.14. The van der Waals surface area contributed by atoms with Crippen LogP contribution in [0, 0.1) is 0 Å². The Morgan fingerprint density at radius 1 is 1.10 bits per heavy atom. The van der Waals surface area contributed by atoms with Crippen LogP contribution in [-0.4, -0.2) is 26.3 Å². The molecule has 0 aliphatic heterocycles. The van der Waals surface area contributed by atoms with Crippen molar-refractivity contribution >= 4 is 34.7 Å². The number of aromatic amines is 1. The summed E-state index contributed by atoms with van der Waals surface area (Å²) in [5, 5.41) is 12.5. The normalized spacial score (nSPS) is 11.9. The third-order valence-electron chi connectivity index (χ3n) is 4.35. The fraction of sp³-hybridized carbons (Fsp3) is 0.136. The molecule has 0 saturated heterocycles. The number of thioether (sulfide) groups is 1. The number of aromatic nitrogens is 3. The number of hydrogen-bond donors (Lipinski definition) is 2. The molecule has 0 saturated carbocycles. The zero-order chi connectivity index (χ0) is 20.1. The molecule has 7 heteroatoms. The summed E-state index contributed by atoms with van der Waals surface area (Å²) in [6.45, 7) is 1.86. The third kappa shape index (κ3) is 4.93. The quantitative estimate of drug-likeness (QED) is 0.401. The van der Waals surface area contributed by atoms with Gasteiger partial charge in [-0.2, -0.15) is 0 Å². The van der Waals surface area contributed by atoms with Crippen molar-refractivity contribution < 1.29 is 4.79 Å². The van der Waals surface area contributed by atoms with Crippen molar-refractivity contribution in [2.75, 3.05) is 5.32 Å². The average molecular weight is 421 g/mol. The number of para-hydroxylation sites is 1. The van der Waals surface area contributed by atoms with Crippen LogP contribution in [0.4, 0.5) is 5.69 Å². The molecule has 146 valence electrons. The number of carbonyl (C=O) groups excluding carboxylic acids is 1. The van der Waals surface area contributed by atoms with Gasteiger partial charge in [-0.1, -0.05) is 66.4 Å². The highest BCUT2D eigenvalue weighted by molar-refractivity contribution is 8.00. The maximum Gasteiger partial charge on any atom is 0.237 e. The molecule has 0 aliphatic rings. The average Bonchev–Trinajstić information content (AvgIpc) is 3.41. The Morgan fingerprint density at radius 2 is 1.90 bits per heavy atom. The molecule has 0 fully saturated rings. The molecule has 1 amide bonds. The molecule has 2 aromatic carbocycles. The number of thiophene rings is 1. The van der Waals surface area contributed by atoms with Crippen LogP contribution < -0.4 is 5.32 Å². The highest BCUT2D eigenvalue weighted by Crippen LogP contribution is 2.29. The minimum atomic E-state index is -0.329. The van der Waals surface area contributed by atoms with E-state index in [9.17, 15) is 4.79 Å². The van der Waals surface area contributed by atoms with E-state index in [0.717, 1.165) is 29.1 Å². The van der Waals surface area contributed by atoms with Crippen LogP contribution in [0.3, 0.4) is 0 Å². The summed E-state index contributed by atoms with van der Waals surface area (Å²) in [4.78, 5) is 18.5. The van der Waals surface area contributed by atoms with E-state index in [0.29, 0.717) is 5.16 Å². The van der Waals surface area contributed by atoms with Crippen LogP contribution in [0.25, 0.3) is 11.1 Å². The molecule has 1 unspecified atom stereocenters. The van der Waals surface area contributed by atoms with Gasteiger partial charge < -0.3 is 5.32 Å². The van der Waals surface area contributed by atoms with E-state index in [1.807, 2.05) is 73.0 Å². The van der Waals surface area contributed by atoms with E-state index in [1.165, 1.54) is 16.6 Å². The minimum absolute atomic E-state index is 0.0806. The fourth-order valence-electron chi connectivity index (χ4n) is 2.90. The van der Waals surface area contributed by atoms with Crippen LogP contribution in [0.15, 0.2) is 77.3 Å². The summed E-state index contributed by atoms with van der Waals surface area (Å²) in [6.07, 6.45) is 0.719. The smallest absolute Gasteiger partial charge is 0.237 e. The molecule has 5 nitrogen and oxygen atoms in total. The van der Waals surface area contributed by atoms with E-state index >= 15 is 0 Å². The summed E-state index contributed by atoms with van der Waals surface area (Å²) in [5.41, 5.74) is 2.86. The van der Waals surface area contributed by atoms with Gasteiger partial charge in [0.25, 0.3) is 0 Å². The second kappa shape index (κ2) is 9.07. The lowest BCUT2D eigenvalue weighted by Crippen LogP contribution is -2.22. The van der Waals surface area contributed by atoms with Gasteiger partial charge in [0, 0.05) is 22.5 Å². The first-order chi connectivity index (χ1) is 14.2. The topological polar surface area (TPSA) is 70.7 Å². The van der Waals surface area contributed by atoms with Gasteiger partial charge in [0.2, 0.25) is 11.1 Å². The molecule has 29 heavy (non-hydrogen) atoms. The Labute approximate surface area is 177 Å². The highest BCUT2D eigenvalue weighted by Gasteiger charge is 2.18. The number of nitrogens with one attached hydrogen (secondary N) is 2. The van der Waals surface area contributed by atoms with Crippen molar-refractivity contribution in [1.82, 2.24) is 15.2 Å². The second-order valence-corrected chi connectivity index (χ2v) is 8.82. The third-order valence-corrected chi connectivity index (χ3v) is 6.19. The Morgan fingerprint density at radius 3 is 2.69 bits per heavy atom. The molecule has 2 aromatic heterocycles. The zero-order valence-corrected chi connectivity index (χ0v) is 17.5. The molecule has 0 aliphatic carbocycles. The number of nitrogens with zero attached hydrogens (tertiary/aromatic N) is 2. The molecule has 0 radical (unpaired) electrons. The maximum atomic E-state index is 12.8. The van der Waals surface area contributed by atoms with Crippen LogP contribution in [0.2, 0.25) is 0 Å². The summed E-state index contributed by atoms with van der Waals surface area (Å²) >= 11 is 3.03. The minimum Gasteiger partial charge on any atom is -0.325 e. The Kier molecular flexibility index (Phi) is 6.07. The van der Waals surface area contributed by atoms with Gasteiger partial charge in [-0.25, -0.2) is 4.98 Å². The van der Waals surface area contributed by atoms with E-state index < -0.39 is 0 Å². The van der Waals surface area contributed by atoms with E-state index in [2.05, 4.69) is 26.6 Å². The maximum absolute atomic E-state index is 12.8. The summed E-state index contributed by atoms with van der Waals surface area (Å²) in [7, 11) is 0. The van der Waals surface area contributed by atoms with Gasteiger partial charge in [-0.05, 0) is 30.0 Å². The lowest BCUT2D eigenvalue weighted by molar-refractivity contribution is -0.115. The van der Waals surface area contributed by atoms with E-state index in [-0.39, 0.29) is 11.2 Å². The fourth-order valence-corrected chi connectivity index (χ4v) is 4.35. The molecule has 4 rings (SSSR count). The number of hydrogen-bond acceptors (Lipinski definition) is 5. The SMILES string of the molecule is CC(Sc1n[nH]c(Cc2cccs2)n1)C(=O)Nc1ccccc1-c1ccccc1. The van der Waals surface area contributed by atoms with Crippen molar-refractivity contribution in [2.24, 2.45) is 0 Å². The van der Waals surface area contributed by atoms with Crippen molar-refractivity contribution in [3.63, 3.8) is 0 Å². The van der Waals surface area contributed by atoms with E-state index in [1.54, 1.807) is 11.3 Å². The van der Waals surface area contributed by atoms with E-state index in [4.69, 9.17) is 0 Å². The second-order valence-electron chi connectivity index (χ2n) is 6.48. The first-order valence-corrected chi connectivity index (χ1v) is 11.0. The first kappa shape index (κ1) is 19.4. The molecular weight excluding hydrogens is 400 g/mol. The van der Waals surface area contributed by atoms with Crippen LogP contribution in [0.1, 0.15) is 17.6 Å². The number of amides is 1. The Balaban J connectivity index is 1.41. The number of H-pyrrole nitrogens is 1. The molecule has 4 aromatic rings. The Bertz CT molecular complexity index is 1080. The molecular formula is C22H20N4OS2. The van der Waals surface area contributed by atoms with Gasteiger partial charge in [-0.3, -0.25) is 9.89 Å². The largest absolute Gasteiger partial charge is 0.325 e. The summed E-state index contributed by atoms with van der Waals surface area (Å²) < 4.78 is 0. The van der Waals surface area contributed by atoms with Gasteiger partial charge in [-0.15, -0.1) is 16.4 Å². The molecule has 1 atom stereocenters. The van der Waals surface area contributed by atoms with Gasteiger partial charge in [0.05, 0.1) is 5.25 Å². The van der Waals surface area contributed by atoms with Gasteiger partial charge in [0.15, 0.2) is 0 Å². The highest BCUT2D eigenvalue weighted by atomic mass is 32.2. The predicted molar refractivity (Wildman–Crippen MR) is 119 cm³/mol. The van der Waals surface area contributed by atoms with Crippen molar-refractivity contribution in [2.45, 2.75) is 23.8 Å². The first-order valence-electron chi connectivity index (χ1n) is 9.24. The summed E-state index contributed by atoms with van der Waals surface area (Å²) in [6, 6.07) is 21.9. The number of carbonyl (C=O) groups is 1. The number of benzene rings is 2. The van der Waals surface area contributed by atoms with Gasteiger partial charge in [0.1, 0.15) is 5.82 Å². The predicted octanol–water partition coefficient (Wildman–Crippen LogP) is 5.24.